The molecule has 12 heavy (non-hydrogen) atoms. The lowest BCUT2D eigenvalue weighted by Gasteiger charge is -2.25. The van der Waals surface area contributed by atoms with Gasteiger partial charge in [0.1, 0.15) is 0 Å². The summed E-state index contributed by atoms with van der Waals surface area (Å²) in [6.45, 7) is 2.73. The second-order valence-corrected chi connectivity index (χ2v) is 3.24. The van der Waals surface area contributed by atoms with Gasteiger partial charge >= 0.3 is 0 Å². The van der Waals surface area contributed by atoms with Crippen molar-refractivity contribution in [1.29, 1.82) is 0 Å². The van der Waals surface area contributed by atoms with Gasteiger partial charge in [0.05, 0.1) is 24.9 Å². The largest absolute Gasteiger partial charge is 0.394 e. The topological polar surface area (TPSA) is 80.9 Å². The van der Waals surface area contributed by atoms with Gasteiger partial charge in [-0.05, 0) is 20.3 Å². The molecule has 0 aromatic rings. The maximum atomic E-state index is 9.22. The first-order valence-corrected chi connectivity index (χ1v) is 4.14. The molecule has 0 bridgehead atoms. The minimum absolute atomic E-state index is 0.291. The number of hydrogen-bond donors (Lipinski definition) is 4. The monoisotopic (exact) mass is 178 g/mol. The van der Waals surface area contributed by atoms with Crippen molar-refractivity contribution in [2.75, 3.05) is 6.61 Å². The Bertz CT molecular complexity index is 114. The van der Waals surface area contributed by atoms with Crippen molar-refractivity contribution >= 4 is 0 Å². The molecule has 0 aromatic carbocycles. The van der Waals surface area contributed by atoms with E-state index >= 15 is 0 Å². The Balaban J connectivity index is 4.03. The molecule has 0 amide bonds. The average Bonchev–Trinajstić information content (AvgIpc) is 1.98. The van der Waals surface area contributed by atoms with Crippen molar-refractivity contribution in [2.45, 2.75) is 38.6 Å². The molecule has 0 radical (unpaired) electrons. The first-order chi connectivity index (χ1) is 5.49. The lowest BCUT2D eigenvalue weighted by molar-refractivity contribution is -0.0284. The highest BCUT2D eigenvalue weighted by atomic mass is 16.3. The molecule has 0 fully saturated rings. The zero-order valence-corrected chi connectivity index (χ0v) is 7.51. The van der Waals surface area contributed by atoms with Gasteiger partial charge in [0, 0.05) is 5.92 Å². The fourth-order valence-corrected chi connectivity index (χ4v) is 1.20. The first-order valence-electron chi connectivity index (χ1n) is 4.14. The molecule has 0 heterocycles. The zero-order valence-electron chi connectivity index (χ0n) is 7.51. The molecule has 0 saturated heterocycles. The van der Waals surface area contributed by atoms with Crippen LogP contribution in [0.25, 0.3) is 0 Å². The van der Waals surface area contributed by atoms with Crippen LogP contribution in [0.3, 0.4) is 0 Å². The molecule has 4 nitrogen and oxygen atoms in total. The maximum Gasteiger partial charge on any atom is 0.0824 e. The highest BCUT2D eigenvalue weighted by molar-refractivity contribution is 4.74. The van der Waals surface area contributed by atoms with Crippen molar-refractivity contribution in [3.8, 4) is 0 Å². The van der Waals surface area contributed by atoms with Crippen LogP contribution in [-0.4, -0.2) is 45.3 Å². The molecule has 0 aliphatic rings. The van der Waals surface area contributed by atoms with E-state index < -0.39 is 24.2 Å². The molecule has 0 aromatic heterocycles. The Morgan fingerprint density at radius 1 is 1.08 bits per heavy atom. The Morgan fingerprint density at radius 3 is 1.83 bits per heavy atom. The van der Waals surface area contributed by atoms with E-state index in [-0.39, 0.29) is 6.61 Å². The molecule has 4 unspecified atom stereocenters. The summed E-state index contributed by atoms with van der Waals surface area (Å²) in [5, 5.41) is 36.0. The number of rotatable bonds is 5. The summed E-state index contributed by atoms with van der Waals surface area (Å²) < 4.78 is 0. The molecule has 74 valence electrons. The summed E-state index contributed by atoms with van der Waals surface area (Å²) in [6.07, 6.45) is -1.97. The molecule has 4 heteroatoms. The molecule has 0 saturated carbocycles. The maximum absolute atomic E-state index is 9.22. The van der Waals surface area contributed by atoms with Gasteiger partial charge in [-0.25, -0.2) is 0 Å². The smallest absolute Gasteiger partial charge is 0.0824 e. The van der Waals surface area contributed by atoms with Gasteiger partial charge in [0.25, 0.3) is 0 Å². The van der Waals surface area contributed by atoms with E-state index in [0.29, 0.717) is 6.42 Å². The first kappa shape index (κ1) is 11.8. The quantitative estimate of drug-likeness (QED) is 0.440. The second kappa shape index (κ2) is 5.48. The third-order valence-electron chi connectivity index (χ3n) is 1.91. The zero-order chi connectivity index (χ0) is 9.72. The van der Waals surface area contributed by atoms with Gasteiger partial charge in [-0.15, -0.1) is 0 Å². The van der Waals surface area contributed by atoms with Crippen molar-refractivity contribution in [1.82, 2.24) is 0 Å². The average molecular weight is 178 g/mol. The van der Waals surface area contributed by atoms with Crippen molar-refractivity contribution in [3.63, 3.8) is 0 Å². The van der Waals surface area contributed by atoms with Gasteiger partial charge in [-0.2, -0.15) is 0 Å². The van der Waals surface area contributed by atoms with E-state index in [9.17, 15) is 10.2 Å². The molecule has 0 aliphatic heterocycles. The molecule has 0 spiro atoms. The predicted molar refractivity (Wildman–Crippen MR) is 44.6 cm³/mol. The van der Waals surface area contributed by atoms with Crippen molar-refractivity contribution in [3.05, 3.63) is 0 Å². The summed E-state index contributed by atoms with van der Waals surface area (Å²) in [4.78, 5) is 0. The third kappa shape index (κ3) is 4.01. The van der Waals surface area contributed by atoms with Crippen LogP contribution in [-0.2, 0) is 0 Å². The molecular weight excluding hydrogens is 160 g/mol. The van der Waals surface area contributed by atoms with Crippen LogP contribution in [0.1, 0.15) is 20.3 Å². The van der Waals surface area contributed by atoms with E-state index in [1.807, 2.05) is 0 Å². The Morgan fingerprint density at radius 2 is 1.58 bits per heavy atom. The van der Waals surface area contributed by atoms with Gasteiger partial charge < -0.3 is 20.4 Å². The molecular formula is C8H18O4. The fourth-order valence-electron chi connectivity index (χ4n) is 1.20. The summed E-state index contributed by atoms with van der Waals surface area (Å²) in [6, 6.07) is 0. The van der Waals surface area contributed by atoms with E-state index in [4.69, 9.17) is 10.2 Å². The Kier molecular flexibility index (Phi) is 5.41. The number of aliphatic hydroxyl groups is 4. The molecule has 4 atom stereocenters. The summed E-state index contributed by atoms with van der Waals surface area (Å²) in [5.74, 6) is -0.463. The van der Waals surface area contributed by atoms with E-state index in [2.05, 4.69) is 0 Å². The van der Waals surface area contributed by atoms with Crippen LogP contribution >= 0.6 is 0 Å². The summed E-state index contributed by atoms with van der Waals surface area (Å²) in [7, 11) is 0. The highest BCUT2D eigenvalue weighted by Crippen LogP contribution is 2.16. The highest BCUT2D eigenvalue weighted by Gasteiger charge is 2.24. The SMILES string of the molecule is CC(O)CC(C(C)O)C(O)CO. The minimum Gasteiger partial charge on any atom is -0.394 e. The van der Waals surface area contributed by atoms with Crippen molar-refractivity contribution < 1.29 is 20.4 Å². The Labute approximate surface area is 72.5 Å². The molecule has 0 aliphatic carbocycles. The van der Waals surface area contributed by atoms with E-state index in [1.165, 1.54) is 6.92 Å². The van der Waals surface area contributed by atoms with Crippen molar-refractivity contribution in [2.24, 2.45) is 5.92 Å². The third-order valence-corrected chi connectivity index (χ3v) is 1.91. The van der Waals surface area contributed by atoms with Gasteiger partial charge in [0.2, 0.25) is 0 Å². The summed E-state index contributed by atoms with van der Waals surface area (Å²) >= 11 is 0. The minimum atomic E-state index is -0.959. The second-order valence-electron chi connectivity index (χ2n) is 3.24. The molecule has 4 N–H and O–H groups in total. The lowest BCUT2D eigenvalue weighted by Crippen LogP contribution is -2.34. The predicted octanol–water partition coefficient (Wildman–Crippen LogP) is -0.893. The van der Waals surface area contributed by atoms with Crippen LogP contribution in [0.2, 0.25) is 0 Å². The van der Waals surface area contributed by atoms with Crippen LogP contribution in [0.15, 0.2) is 0 Å². The van der Waals surface area contributed by atoms with Crippen LogP contribution in [0.4, 0.5) is 0 Å². The summed E-state index contributed by atoms with van der Waals surface area (Å²) in [5.41, 5.74) is 0. The normalized spacial score (nSPS) is 21.5. The number of hydrogen-bond acceptors (Lipinski definition) is 4. The van der Waals surface area contributed by atoms with Crippen LogP contribution < -0.4 is 0 Å². The van der Waals surface area contributed by atoms with E-state index in [0.717, 1.165) is 0 Å². The van der Waals surface area contributed by atoms with Crippen LogP contribution in [0.5, 0.6) is 0 Å². The standard InChI is InChI=1S/C8H18O4/c1-5(10)3-7(6(2)11)8(12)4-9/h5-12H,3-4H2,1-2H3. The molecule has 0 rings (SSSR count). The Hall–Kier alpha value is -0.160. The van der Waals surface area contributed by atoms with Gasteiger partial charge in [-0.3, -0.25) is 0 Å². The number of aliphatic hydroxyl groups excluding tert-OH is 4. The fraction of sp³-hybridized carbons (Fsp3) is 1.00. The lowest BCUT2D eigenvalue weighted by atomic mass is 9.91. The van der Waals surface area contributed by atoms with Crippen LogP contribution in [0, 0.1) is 5.92 Å². The van der Waals surface area contributed by atoms with E-state index in [1.54, 1.807) is 6.92 Å². The van der Waals surface area contributed by atoms with Gasteiger partial charge in [-0.1, -0.05) is 0 Å². The van der Waals surface area contributed by atoms with Gasteiger partial charge in [0.15, 0.2) is 0 Å².